The van der Waals surface area contributed by atoms with Gasteiger partial charge >= 0.3 is 0 Å². The van der Waals surface area contributed by atoms with E-state index in [1.54, 1.807) is 0 Å². The molecule has 0 spiro atoms. The van der Waals surface area contributed by atoms with Crippen molar-refractivity contribution in [3.8, 4) is 0 Å². The van der Waals surface area contributed by atoms with Gasteiger partial charge < -0.3 is 15.4 Å². The molecule has 0 saturated heterocycles. The van der Waals surface area contributed by atoms with Gasteiger partial charge in [-0.15, -0.1) is 0 Å². The molecule has 1 aromatic rings. The predicted molar refractivity (Wildman–Crippen MR) is 79.2 cm³/mol. The van der Waals surface area contributed by atoms with E-state index in [4.69, 9.17) is 4.74 Å². The van der Waals surface area contributed by atoms with Crippen molar-refractivity contribution in [2.45, 2.75) is 38.2 Å². The van der Waals surface area contributed by atoms with Crippen molar-refractivity contribution in [1.82, 2.24) is 5.32 Å². The first kappa shape index (κ1) is 13.4. The van der Waals surface area contributed by atoms with Gasteiger partial charge in [-0.2, -0.15) is 0 Å². The quantitative estimate of drug-likeness (QED) is 0.810. The van der Waals surface area contributed by atoms with Crippen LogP contribution >= 0.6 is 0 Å². The van der Waals surface area contributed by atoms with Crippen LogP contribution in [0.2, 0.25) is 0 Å². The maximum atomic E-state index is 12.1. The summed E-state index contributed by atoms with van der Waals surface area (Å²) >= 11 is 0. The van der Waals surface area contributed by atoms with Crippen LogP contribution < -0.4 is 10.6 Å². The Labute approximate surface area is 119 Å². The van der Waals surface area contributed by atoms with Crippen molar-refractivity contribution in [2.24, 2.45) is 0 Å². The van der Waals surface area contributed by atoms with Gasteiger partial charge in [0.25, 0.3) is 5.91 Å². The molecule has 0 bridgehead atoms. The number of rotatable bonds is 5. The Morgan fingerprint density at radius 1 is 1.35 bits per heavy atom. The zero-order valence-corrected chi connectivity index (χ0v) is 11.8. The number of hydrogen-bond donors (Lipinski definition) is 2. The maximum Gasteiger partial charge on any atom is 0.251 e. The SMILES string of the molecule is O=C(NCCOC1CCCC1)c1ccc2c(c1)CCN2. The molecular weight excluding hydrogens is 252 g/mol. The number of carbonyl (C=O) groups excluding carboxylic acids is 1. The zero-order valence-electron chi connectivity index (χ0n) is 11.8. The van der Waals surface area contributed by atoms with Gasteiger partial charge in [0, 0.05) is 24.3 Å². The number of nitrogens with one attached hydrogen (secondary N) is 2. The highest BCUT2D eigenvalue weighted by Gasteiger charge is 2.15. The van der Waals surface area contributed by atoms with Crippen LogP contribution in [0.5, 0.6) is 0 Å². The molecule has 108 valence electrons. The maximum absolute atomic E-state index is 12.1. The van der Waals surface area contributed by atoms with E-state index >= 15 is 0 Å². The van der Waals surface area contributed by atoms with E-state index in [1.807, 2.05) is 18.2 Å². The molecule has 0 radical (unpaired) electrons. The Hall–Kier alpha value is -1.55. The first-order chi connectivity index (χ1) is 9.83. The number of hydrogen-bond acceptors (Lipinski definition) is 3. The average molecular weight is 274 g/mol. The molecular formula is C16H22N2O2. The lowest BCUT2D eigenvalue weighted by molar-refractivity contribution is 0.0582. The molecule has 1 saturated carbocycles. The Balaban J connectivity index is 1.44. The number of ether oxygens (including phenoxy) is 1. The van der Waals surface area contributed by atoms with Crippen molar-refractivity contribution < 1.29 is 9.53 Å². The molecule has 3 rings (SSSR count). The number of fused-ring (bicyclic) bond motifs is 1. The van der Waals surface area contributed by atoms with Gasteiger partial charge in [-0.3, -0.25) is 4.79 Å². The summed E-state index contributed by atoms with van der Waals surface area (Å²) < 4.78 is 5.74. The summed E-state index contributed by atoms with van der Waals surface area (Å²) in [5, 5.41) is 6.23. The molecule has 0 atom stereocenters. The van der Waals surface area contributed by atoms with Gasteiger partial charge in [-0.05, 0) is 43.0 Å². The zero-order chi connectivity index (χ0) is 13.8. The highest BCUT2D eigenvalue weighted by atomic mass is 16.5. The van der Waals surface area contributed by atoms with E-state index in [0.29, 0.717) is 19.3 Å². The third-order valence-corrected chi connectivity index (χ3v) is 4.12. The Bertz CT molecular complexity index is 481. The van der Waals surface area contributed by atoms with Crippen LogP contribution in [0, 0.1) is 0 Å². The normalized spacial score (nSPS) is 17.8. The Kier molecular flexibility index (Phi) is 4.21. The summed E-state index contributed by atoms with van der Waals surface area (Å²) in [6, 6.07) is 5.86. The summed E-state index contributed by atoms with van der Waals surface area (Å²) in [5.74, 6) is -0.00489. The largest absolute Gasteiger partial charge is 0.384 e. The Morgan fingerprint density at radius 2 is 2.20 bits per heavy atom. The lowest BCUT2D eigenvalue weighted by Gasteiger charge is -2.11. The molecule has 4 nitrogen and oxygen atoms in total. The molecule has 1 amide bonds. The lowest BCUT2D eigenvalue weighted by Crippen LogP contribution is -2.28. The second-order valence-electron chi connectivity index (χ2n) is 5.58. The topological polar surface area (TPSA) is 50.4 Å². The summed E-state index contributed by atoms with van der Waals surface area (Å²) in [4.78, 5) is 12.1. The highest BCUT2D eigenvalue weighted by Crippen LogP contribution is 2.23. The van der Waals surface area contributed by atoms with Crippen LogP contribution in [0.3, 0.4) is 0 Å². The van der Waals surface area contributed by atoms with E-state index in [-0.39, 0.29) is 5.91 Å². The van der Waals surface area contributed by atoms with Crippen LogP contribution in [-0.2, 0) is 11.2 Å². The number of anilines is 1. The smallest absolute Gasteiger partial charge is 0.251 e. The van der Waals surface area contributed by atoms with Gasteiger partial charge in [0.05, 0.1) is 12.7 Å². The number of amides is 1. The third kappa shape index (κ3) is 3.12. The lowest BCUT2D eigenvalue weighted by atomic mass is 10.1. The summed E-state index contributed by atoms with van der Waals surface area (Å²) in [5.41, 5.74) is 3.14. The molecule has 20 heavy (non-hydrogen) atoms. The second-order valence-corrected chi connectivity index (χ2v) is 5.58. The molecule has 1 aromatic carbocycles. The van der Waals surface area contributed by atoms with E-state index in [0.717, 1.165) is 24.2 Å². The fourth-order valence-electron chi connectivity index (χ4n) is 2.99. The van der Waals surface area contributed by atoms with Crippen molar-refractivity contribution in [1.29, 1.82) is 0 Å². The summed E-state index contributed by atoms with van der Waals surface area (Å²) in [6.45, 7) is 2.17. The van der Waals surface area contributed by atoms with Gasteiger partial charge in [0.1, 0.15) is 0 Å². The van der Waals surface area contributed by atoms with Crippen LogP contribution in [0.15, 0.2) is 18.2 Å². The van der Waals surface area contributed by atoms with Crippen molar-refractivity contribution in [3.05, 3.63) is 29.3 Å². The fraction of sp³-hybridized carbons (Fsp3) is 0.562. The molecule has 2 N–H and O–H groups in total. The third-order valence-electron chi connectivity index (χ3n) is 4.12. The molecule has 1 aliphatic carbocycles. The summed E-state index contributed by atoms with van der Waals surface area (Å²) in [6.07, 6.45) is 6.32. The minimum absolute atomic E-state index is 0.00489. The van der Waals surface area contributed by atoms with Crippen LogP contribution in [0.4, 0.5) is 5.69 Å². The van der Waals surface area contributed by atoms with Gasteiger partial charge in [-0.1, -0.05) is 12.8 Å². The van der Waals surface area contributed by atoms with Crippen LogP contribution in [0.25, 0.3) is 0 Å². The molecule has 2 aliphatic rings. The molecule has 0 unspecified atom stereocenters. The molecule has 1 aliphatic heterocycles. The van der Waals surface area contributed by atoms with Crippen LogP contribution in [0.1, 0.15) is 41.6 Å². The molecule has 4 heteroatoms. The standard InChI is InChI=1S/C16H22N2O2/c19-16(18-9-10-20-14-3-1-2-4-14)13-5-6-15-12(11-13)7-8-17-15/h5-6,11,14,17H,1-4,7-10H2,(H,18,19). The van der Waals surface area contributed by atoms with Gasteiger partial charge in [0.15, 0.2) is 0 Å². The summed E-state index contributed by atoms with van der Waals surface area (Å²) in [7, 11) is 0. The highest BCUT2D eigenvalue weighted by molar-refractivity contribution is 5.95. The number of benzene rings is 1. The molecule has 1 heterocycles. The minimum atomic E-state index is -0.00489. The van der Waals surface area contributed by atoms with E-state index in [2.05, 4.69) is 10.6 Å². The average Bonchev–Trinajstić information content (AvgIpc) is 3.13. The van der Waals surface area contributed by atoms with Crippen LogP contribution in [-0.4, -0.2) is 31.7 Å². The van der Waals surface area contributed by atoms with E-state index in [1.165, 1.54) is 31.2 Å². The number of carbonyl (C=O) groups is 1. The first-order valence-corrected chi connectivity index (χ1v) is 7.59. The monoisotopic (exact) mass is 274 g/mol. The molecule has 0 aromatic heterocycles. The van der Waals surface area contributed by atoms with Crippen molar-refractivity contribution >= 4 is 11.6 Å². The Morgan fingerprint density at radius 3 is 3.05 bits per heavy atom. The van der Waals surface area contributed by atoms with Gasteiger partial charge in [0.2, 0.25) is 0 Å². The minimum Gasteiger partial charge on any atom is -0.384 e. The van der Waals surface area contributed by atoms with E-state index in [9.17, 15) is 4.79 Å². The molecule has 1 fully saturated rings. The second kappa shape index (κ2) is 6.27. The van der Waals surface area contributed by atoms with Crippen molar-refractivity contribution in [3.63, 3.8) is 0 Å². The van der Waals surface area contributed by atoms with Gasteiger partial charge in [-0.25, -0.2) is 0 Å². The predicted octanol–water partition coefficient (Wildman–Crippen LogP) is 2.34. The first-order valence-electron chi connectivity index (χ1n) is 7.59. The van der Waals surface area contributed by atoms with Crippen molar-refractivity contribution in [2.75, 3.05) is 25.0 Å². The fourth-order valence-corrected chi connectivity index (χ4v) is 2.99. The van der Waals surface area contributed by atoms with E-state index < -0.39 is 0 Å².